The van der Waals surface area contributed by atoms with Crippen molar-refractivity contribution in [1.29, 1.82) is 5.26 Å². The third-order valence-corrected chi connectivity index (χ3v) is 4.48. The largest absolute Gasteiger partial charge is 0.192 e. The van der Waals surface area contributed by atoms with Gasteiger partial charge >= 0.3 is 0 Å². The quantitative estimate of drug-likeness (QED) is 0.797. The van der Waals surface area contributed by atoms with E-state index in [0.29, 0.717) is 0 Å². The first-order valence-electron chi connectivity index (χ1n) is 4.36. The Morgan fingerprint density at radius 1 is 1.38 bits per heavy atom. The first-order chi connectivity index (χ1) is 7.85. The van der Waals surface area contributed by atoms with E-state index >= 15 is 0 Å². The minimum Gasteiger partial charge on any atom is -0.192 e. The average Bonchev–Trinajstić information content (AvgIpc) is 2.81. The van der Waals surface area contributed by atoms with E-state index in [1.54, 1.807) is 17.3 Å². The fourth-order valence-corrected chi connectivity index (χ4v) is 3.37. The maximum absolute atomic E-state index is 9.15. The highest BCUT2D eigenvalue weighted by molar-refractivity contribution is 8.01. The van der Waals surface area contributed by atoms with E-state index in [9.17, 15) is 0 Å². The van der Waals surface area contributed by atoms with E-state index < -0.39 is 0 Å². The predicted octanol–water partition coefficient (Wildman–Crippen LogP) is 3.28. The normalized spacial score (nSPS) is 10.0. The number of benzene rings is 1. The number of thioether (sulfide) groups is 1. The van der Waals surface area contributed by atoms with Gasteiger partial charge in [0.25, 0.3) is 0 Å². The minimum atomic E-state index is 0.718. The van der Waals surface area contributed by atoms with Crippen molar-refractivity contribution in [1.82, 2.24) is 10.2 Å². The van der Waals surface area contributed by atoms with Gasteiger partial charge in [0.2, 0.25) is 0 Å². The summed E-state index contributed by atoms with van der Waals surface area (Å²) in [6.45, 7) is 0. The lowest BCUT2D eigenvalue weighted by Gasteiger charge is -2.04. The molecule has 2 aromatic rings. The Labute approximate surface area is 106 Å². The van der Waals surface area contributed by atoms with Crippen LogP contribution >= 0.6 is 34.9 Å². The summed E-state index contributed by atoms with van der Waals surface area (Å²) in [5, 5.41) is 16.9. The van der Waals surface area contributed by atoms with Crippen LogP contribution in [0, 0.1) is 11.3 Å². The number of hydrogen-bond donors (Lipinski definition) is 0. The van der Waals surface area contributed by atoms with Gasteiger partial charge in [-0.25, -0.2) is 0 Å². The molecule has 0 saturated carbocycles. The molecule has 0 fully saturated rings. The summed E-state index contributed by atoms with van der Waals surface area (Å²) in [5.74, 6) is 0. The Hall–Kier alpha value is -1.03. The minimum absolute atomic E-state index is 0.718. The number of nitriles is 1. The molecule has 0 aliphatic carbocycles. The first-order valence-corrected chi connectivity index (χ1v) is 7.28. The van der Waals surface area contributed by atoms with Crippen molar-refractivity contribution in [3.05, 3.63) is 29.3 Å². The lowest BCUT2D eigenvalue weighted by molar-refractivity contribution is 1.01. The third kappa shape index (κ3) is 2.38. The highest BCUT2D eigenvalue weighted by Crippen LogP contribution is 2.34. The molecule has 0 saturated heterocycles. The zero-order valence-electron chi connectivity index (χ0n) is 8.38. The maximum atomic E-state index is 9.15. The van der Waals surface area contributed by atoms with Crippen molar-refractivity contribution in [2.24, 2.45) is 0 Å². The van der Waals surface area contributed by atoms with Gasteiger partial charge in [-0.05, 0) is 18.4 Å². The molecule has 16 heavy (non-hydrogen) atoms. The zero-order chi connectivity index (χ0) is 11.4. The molecule has 0 aliphatic rings. The second-order valence-corrected chi connectivity index (χ2v) is 5.72. The molecular formula is C10H7N3S3. The van der Waals surface area contributed by atoms with Gasteiger partial charge in [0.1, 0.15) is 11.6 Å². The van der Waals surface area contributed by atoms with E-state index in [-0.39, 0.29) is 0 Å². The second-order valence-electron chi connectivity index (χ2n) is 2.75. The zero-order valence-corrected chi connectivity index (χ0v) is 10.8. The van der Waals surface area contributed by atoms with Crippen LogP contribution in [0.3, 0.4) is 0 Å². The summed E-state index contributed by atoms with van der Waals surface area (Å²) in [6.07, 6.45) is 1.97. The molecule has 0 radical (unpaired) electrons. The molecule has 1 heterocycles. The Kier molecular flexibility index (Phi) is 3.83. The molecule has 0 amide bonds. The molecule has 1 aromatic heterocycles. The predicted molar refractivity (Wildman–Crippen MR) is 67.0 cm³/mol. The van der Waals surface area contributed by atoms with Gasteiger partial charge in [0.05, 0.1) is 5.56 Å². The van der Waals surface area contributed by atoms with Crippen LogP contribution in [0.4, 0.5) is 0 Å². The number of nitrogens with zero attached hydrogens (tertiary/aromatic N) is 3. The highest BCUT2D eigenvalue weighted by atomic mass is 32.2. The standard InChI is InChI=1S/C10H7N3S3/c1-14-8-3-2-4-9(7(8)5-11)16-10-13-12-6-15-10/h2-4,6H,1H3. The van der Waals surface area contributed by atoms with Gasteiger partial charge in [0.15, 0.2) is 4.34 Å². The molecule has 0 spiro atoms. The summed E-state index contributed by atoms with van der Waals surface area (Å²) in [6, 6.07) is 8.08. The van der Waals surface area contributed by atoms with Crippen LogP contribution in [0.15, 0.2) is 37.8 Å². The Bertz CT molecular complexity index is 517. The molecular weight excluding hydrogens is 258 g/mol. The van der Waals surface area contributed by atoms with E-state index in [0.717, 1.165) is 19.7 Å². The van der Waals surface area contributed by atoms with E-state index in [1.165, 1.54) is 23.1 Å². The highest BCUT2D eigenvalue weighted by Gasteiger charge is 2.10. The number of rotatable bonds is 3. The van der Waals surface area contributed by atoms with Crippen LogP contribution in [-0.4, -0.2) is 16.5 Å². The molecule has 0 N–H and O–H groups in total. The van der Waals surface area contributed by atoms with Crippen molar-refractivity contribution in [2.45, 2.75) is 14.1 Å². The average molecular weight is 265 g/mol. The van der Waals surface area contributed by atoms with Gasteiger partial charge in [0, 0.05) is 9.79 Å². The van der Waals surface area contributed by atoms with Crippen molar-refractivity contribution in [2.75, 3.05) is 6.26 Å². The molecule has 2 rings (SSSR count). The topological polar surface area (TPSA) is 49.6 Å². The molecule has 0 atom stereocenters. The molecule has 3 nitrogen and oxygen atoms in total. The van der Waals surface area contributed by atoms with Crippen LogP contribution in [-0.2, 0) is 0 Å². The number of hydrogen-bond acceptors (Lipinski definition) is 6. The summed E-state index contributed by atoms with van der Waals surface area (Å²) in [4.78, 5) is 1.93. The van der Waals surface area contributed by atoms with Crippen molar-refractivity contribution < 1.29 is 0 Å². The van der Waals surface area contributed by atoms with Crippen LogP contribution in [0.2, 0.25) is 0 Å². The Morgan fingerprint density at radius 2 is 2.19 bits per heavy atom. The third-order valence-electron chi connectivity index (χ3n) is 1.86. The lowest BCUT2D eigenvalue weighted by atomic mass is 10.2. The molecule has 80 valence electrons. The smallest absolute Gasteiger partial charge is 0.178 e. The van der Waals surface area contributed by atoms with Crippen LogP contribution < -0.4 is 0 Å². The first kappa shape index (κ1) is 11.5. The van der Waals surface area contributed by atoms with Gasteiger partial charge < -0.3 is 0 Å². The number of aromatic nitrogens is 2. The summed E-state index contributed by atoms with van der Waals surface area (Å²) in [5.41, 5.74) is 2.41. The maximum Gasteiger partial charge on any atom is 0.178 e. The monoisotopic (exact) mass is 265 g/mol. The van der Waals surface area contributed by atoms with Crippen molar-refractivity contribution in [3.63, 3.8) is 0 Å². The van der Waals surface area contributed by atoms with E-state index in [4.69, 9.17) is 5.26 Å². The van der Waals surface area contributed by atoms with Crippen LogP contribution in [0.5, 0.6) is 0 Å². The van der Waals surface area contributed by atoms with Gasteiger partial charge in [-0.2, -0.15) is 5.26 Å². The summed E-state index contributed by atoms with van der Waals surface area (Å²) < 4.78 is 0.856. The second kappa shape index (κ2) is 5.34. The summed E-state index contributed by atoms with van der Waals surface area (Å²) in [7, 11) is 0. The van der Waals surface area contributed by atoms with Crippen molar-refractivity contribution >= 4 is 34.9 Å². The molecule has 6 heteroatoms. The van der Waals surface area contributed by atoms with E-state index in [2.05, 4.69) is 16.3 Å². The lowest BCUT2D eigenvalue weighted by Crippen LogP contribution is -1.85. The van der Waals surface area contributed by atoms with Gasteiger partial charge in [-0.3, -0.25) is 0 Å². The fourth-order valence-electron chi connectivity index (χ4n) is 1.18. The van der Waals surface area contributed by atoms with Gasteiger partial charge in [-0.15, -0.1) is 22.0 Å². The Morgan fingerprint density at radius 3 is 2.81 bits per heavy atom. The van der Waals surface area contributed by atoms with Gasteiger partial charge in [-0.1, -0.05) is 29.2 Å². The van der Waals surface area contributed by atoms with E-state index in [1.807, 2.05) is 24.5 Å². The fraction of sp³-hybridized carbons (Fsp3) is 0.100. The molecule has 0 aliphatic heterocycles. The molecule has 0 unspecified atom stereocenters. The molecule has 1 aromatic carbocycles. The van der Waals surface area contributed by atoms with Crippen LogP contribution in [0.25, 0.3) is 0 Å². The van der Waals surface area contributed by atoms with Crippen LogP contribution in [0.1, 0.15) is 5.56 Å². The molecule has 0 bridgehead atoms. The van der Waals surface area contributed by atoms with Crippen molar-refractivity contribution in [3.8, 4) is 6.07 Å². The summed E-state index contributed by atoms with van der Waals surface area (Å²) >= 11 is 4.54. The SMILES string of the molecule is CSc1cccc(Sc2nncs2)c1C#N. The Balaban J connectivity index is 2.38.